The fourth-order valence-electron chi connectivity index (χ4n) is 1.66. The maximum atomic E-state index is 5.66. The molecular weight excluding hydrogens is 275 g/mol. The molecule has 1 aromatic rings. The Balaban J connectivity index is 2.52. The second-order valence-corrected chi connectivity index (χ2v) is 5.50. The molecule has 1 unspecified atom stereocenters. The number of ether oxygens (including phenoxy) is 1. The van der Waals surface area contributed by atoms with Crippen molar-refractivity contribution >= 4 is 22.6 Å². The fraction of sp³-hybridized carbons (Fsp3) is 0.455. The molecule has 0 amide bonds. The Kier molecular flexibility index (Phi) is 2.26. The highest BCUT2D eigenvalue weighted by atomic mass is 127. The molecule has 0 saturated heterocycles. The van der Waals surface area contributed by atoms with E-state index in [-0.39, 0.29) is 5.41 Å². The first-order valence-electron chi connectivity index (χ1n) is 4.49. The molecule has 1 atom stereocenters. The molecule has 0 bridgehead atoms. The predicted molar refractivity (Wildman–Crippen MR) is 62.8 cm³/mol. The molecule has 0 aromatic heterocycles. The number of fused-ring (bicyclic) bond motifs is 1. The summed E-state index contributed by atoms with van der Waals surface area (Å²) in [6.45, 7) is 5.39. The molecule has 1 nitrogen and oxygen atoms in total. The molecule has 1 heterocycles. The zero-order chi connectivity index (χ0) is 9.47. The summed E-state index contributed by atoms with van der Waals surface area (Å²) in [5, 5.41) is 0. The molecule has 0 aliphatic carbocycles. The first-order valence-corrected chi connectivity index (χ1v) is 5.73. The summed E-state index contributed by atoms with van der Waals surface area (Å²) in [6.07, 6.45) is 0. The number of hydrogen-bond acceptors (Lipinski definition) is 1. The second-order valence-electron chi connectivity index (χ2n) is 4.00. The Morgan fingerprint density at radius 2 is 2.08 bits per heavy atom. The van der Waals surface area contributed by atoms with Crippen LogP contribution in [0.2, 0.25) is 0 Å². The van der Waals surface area contributed by atoms with E-state index in [1.54, 1.807) is 0 Å². The third-order valence-corrected chi connectivity index (χ3v) is 4.67. The van der Waals surface area contributed by atoms with Crippen molar-refractivity contribution in [1.82, 2.24) is 0 Å². The summed E-state index contributed by atoms with van der Waals surface area (Å²) in [7, 11) is 0. The predicted octanol–water partition coefficient (Wildman–Crippen LogP) is 3.16. The standard InChI is InChI=1S/C11H13IO/c1-11(2)8-5-3-4-6-9(8)13-7-10(11)12/h3-6,10H,7H2,1-2H3. The van der Waals surface area contributed by atoms with E-state index in [1.807, 2.05) is 6.07 Å². The maximum Gasteiger partial charge on any atom is 0.123 e. The van der Waals surface area contributed by atoms with Gasteiger partial charge in [-0.05, 0) is 6.07 Å². The van der Waals surface area contributed by atoms with Crippen LogP contribution in [0.1, 0.15) is 19.4 Å². The summed E-state index contributed by atoms with van der Waals surface area (Å²) < 4.78 is 6.22. The highest BCUT2D eigenvalue weighted by Gasteiger charge is 2.35. The summed E-state index contributed by atoms with van der Waals surface area (Å²) in [6, 6.07) is 8.33. The Morgan fingerprint density at radius 3 is 2.85 bits per heavy atom. The number of para-hydroxylation sites is 1. The topological polar surface area (TPSA) is 9.23 Å². The molecule has 2 heteroatoms. The molecule has 1 aliphatic rings. The van der Waals surface area contributed by atoms with Crippen LogP contribution in [-0.4, -0.2) is 10.5 Å². The van der Waals surface area contributed by atoms with Gasteiger partial charge >= 0.3 is 0 Å². The quantitative estimate of drug-likeness (QED) is 0.526. The van der Waals surface area contributed by atoms with E-state index in [1.165, 1.54) is 5.56 Å². The third-order valence-electron chi connectivity index (χ3n) is 2.75. The molecule has 2 rings (SSSR count). The Labute approximate surface area is 92.6 Å². The second kappa shape index (κ2) is 3.15. The average Bonchev–Trinajstić information content (AvgIpc) is 2.13. The first-order chi connectivity index (χ1) is 6.12. The Hall–Kier alpha value is -0.250. The summed E-state index contributed by atoms with van der Waals surface area (Å²) >= 11 is 2.47. The molecule has 0 N–H and O–H groups in total. The van der Waals surface area contributed by atoms with Crippen molar-refractivity contribution < 1.29 is 4.74 Å². The zero-order valence-electron chi connectivity index (χ0n) is 7.88. The molecule has 13 heavy (non-hydrogen) atoms. The number of rotatable bonds is 0. The Morgan fingerprint density at radius 1 is 1.38 bits per heavy atom. The van der Waals surface area contributed by atoms with Crippen molar-refractivity contribution in [3.05, 3.63) is 29.8 Å². The molecule has 0 fully saturated rings. The molecule has 0 spiro atoms. The number of halogens is 1. The minimum Gasteiger partial charge on any atom is -0.492 e. The van der Waals surface area contributed by atoms with Crippen LogP contribution in [0.15, 0.2) is 24.3 Å². The van der Waals surface area contributed by atoms with Crippen LogP contribution in [0, 0.1) is 0 Å². The molecule has 70 valence electrons. The van der Waals surface area contributed by atoms with Gasteiger partial charge in [-0.15, -0.1) is 0 Å². The highest BCUT2D eigenvalue weighted by Crippen LogP contribution is 2.41. The van der Waals surface area contributed by atoms with Crippen molar-refractivity contribution in [1.29, 1.82) is 0 Å². The van der Waals surface area contributed by atoms with Crippen LogP contribution in [-0.2, 0) is 5.41 Å². The first kappa shape index (κ1) is 9.31. The van der Waals surface area contributed by atoms with E-state index in [2.05, 4.69) is 54.6 Å². The van der Waals surface area contributed by atoms with Crippen molar-refractivity contribution in [2.24, 2.45) is 0 Å². The van der Waals surface area contributed by atoms with Gasteiger partial charge < -0.3 is 4.74 Å². The van der Waals surface area contributed by atoms with Gasteiger partial charge in [0.05, 0.1) is 3.92 Å². The number of benzene rings is 1. The van der Waals surface area contributed by atoms with E-state index in [0.29, 0.717) is 3.92 Å². The smallest absolute Gasteiger partial charge is 0.123 e. The molecule has 1 aliphatic heterocycles. The monoisotopic (exact) mass is 288 g/mol. The van der Waals surface area contributed by atoms with Crippen molar-refractivity contribution in [3.8, 4) is 5.75 Å². The SMILES string of the molecule is CC1(C)c2ccccc2OCC1I. The largest absolute Gasteiger partial charge is 0.492 e. The maximum absolute atomic E-state index is 5.66. The van der Waals surface area contributed by atoms with Gasteiger partial charge in [-0.3, -0.25) is 0 Å². The summed E-state index contributed by atoms with van der Waals surface area (Å²) in [4.78, 5) is 0. The van der Waals surface area contributed by atoms with E-state index < -0.39 is 0 Å². The fourth-order valence-corrected chi connectivity index (χ4v) is 2.18. The summed E-state index contributed by atoms with van der Waals surface area (Å²) in [5.74, 6) is 1.06. The lowest BCUT2D eigenvalue weighted by Crippen LogP contribution is -2.38. The van der Waals surface area contributed by atoms with Crippen LogP contribution < -0.4 is 4.74 Å². The van der Waals surface area contributed by atoms with E-state index >= 15 is 0 Å². The van der Waals surface area contributed by atoms with Crippen LogP contribution in [0.3, 0.4) is 0 Å². The lowest BCUT2D eigenvalue weighted by Gasteiger charge is -2.36. The van der Waals surface area contributed by atoms with Gasteiger partial charge in [0, 0.05) is 11.0 Å². The highest BCUT2D eigenvalue weighted by molar-refractivity contribution is 14.1. The molecule has 0 saturated carbocycles. The number of hydrogen-bond donors (Lipinski definition) is 0. The average molecular weight is 288 g/mol. The van der Waals surface area contributed by atoms with Gasteiger partial charge in [-0.2, -0.15) is 0 Å². The zero-order valence-corrected chi connectivity index (χ0v) is 10.0. The summed E-state index contributed by atoms with van der Waals surface area (Å²) in [5.41, 5.74) is 1.57. The Bertz CT molecular complexity index is 320. The lowest BCUT2D eigenvalue weighted by molar-refractivity contribution is 0.250. The van der Waals surface area contributed by atoms with Gasteiger partial charge in [0.15, 0.2) is 0 Å². The minimum atomic E-state index is 0.232. The van der Waals surface area contributed by atoms with Crippen LogP contribution in [0.5, 0.6) is 5.75 Å². The van der Waals surface area contributed by atoms with Gasteiger partial charge in [-0.25, -0.2) is 0 Å². The van der Waals surface area contributed by atoms with Gasteiger partial charge in [0.1, 0.15) is 12.4 Å². The van der Waals surface area contributed by atoms with Crippen LogP contribution in [0.4, 0.5) is 0 Å². The van der Waals surface area contributed by atoms with E-state index in [9.17, 15) is 0 Å². The lowest BCUT2D eigenvalue weighted by atomic mass is 9.80. The molecule has 0 radical (unpaired) electrons. The van der Waals surface area contributed by atoms with Crippen molar-refractivity contribution in [2.45, 2.75) is 23.2 Å². The van der Waals surface area contributed by atoms with Crippen LogP contribution >= 0.6 is 22.6 Å². The van der Waals surface area contributed by atoms with Crippen molar-refractivity contribution in [2.75, 3.05) is 6.61 Å². The third kappa shape index (κ3) is 1.45. The van der Waals surface area contributed by atoms with Gasteiger partial charge in [-0.1, -0.05) is 54.6 Å². The molecule has 1 aromatic carbocycles. The van der Waals surface area contributed by atoms with Gasteiger partial charge in [0.25, 0.3) is 0 Å². The van der Waals surface area contributed by atoms with Gasteiger partial charge in [0.2, 0.25) is 0 Å². The minimum absolute atomic E-state index is 0.232. The van der Waals surface area contributed by atoms with E-state index in [4.69, 9.17) is 4.74 Å². The van der Waals surface area contributed by atoms with Crippen molar-refractivity contribution in [3.63, 3.8) is 0 Å². The number of alkyl halides is 1. The van der Waals surface area contributed by atoms with E-state index in [0.717, 1.165) is 12.4 Å². The molecular formula is C11H13IO. The van der Waals surface area contributed by atoms with Crippen LogP contribution in [0.25, 0.3) is 0 Å². The normalized spacial score (nSPS) is 24.7.